The predicted molar refractivity (Wildman–Crippen MR) is 119 cm³/mol. The van der Waals surface area contributed by atoms with Gasteiger partial charge >= 0.3 is 0 Å². The quantitative estimate of drug-likeness (QED) is 0.604. The molecule has 0 nitrogen and oxygen atoms in total. The Morgan fingerprint density at radius 1 is 1.12 bits per heavy atom. The smallest absolute Gasteiger partial charge is 0.151 e. The Labute approximate surface area is 159 Å². The number of hydrogen-bond donors (Lipinski definition) is 1. The molecule has 0 aromatic carbocycles. The van der Waals surface area contributed by atoms with Gasteiger partial charge in [0.2, 0.25) is 0 Å². The second kappa shape index (κ2) is 7.23. The molecule has 2 heteroatoms. The molecule has 0 radical (unpaired) electrons. The molecule has 2 aliphatic rings. The lowest BCUT2D eigenvalue weighted by atomic mass is 9.42. The first-order chi connectivity index (χ1) is 11.5. The van der Waals surface area contributed by atoms with Crippen LogP contribution in [0.2, 0.25) is 13.1 Å². The van der Waals surface area contributed by atoms with Gasteiger partial charge in [-0.1, -0.05) is 96.1 Å². The van der Waals surface area contributed by atoms with E-state index in [1.807, 2.05) is 5.41 Å². The Morgan fingerprint density at radius 3 is 2.32 bits per heavy atom. The van der Waals surface area contributed by atoms with E-state index in [4.69, 9.17) is 0 Å². The number of aryl methyl sites for hydroxylation is 1. The SMILES string of the molecule is C=c1cc(C)cc(B(C)CCC(C)(C)C(C)(C)C)c2cc/c(=C\S)c1=2. The van der Waals surface area contributed by atoms with Crippen molar-refractivity contribution in [1.82, 2.24) is 0 Å². The molecule has 0 atom stereocenters. The van der Waals surface area contributed by atoms with Crippen LogP contribution in [0.25, 0.3) is 12.0 Å². The minimum atomic E-state index is 0.314. The maximum Gasteiger partial charge on any atom is 0.173 e. The lowest BCUT2D eigenvalue weighted by Crippen LogP contribution is -2.34. The lowest BCUT2D eigenvalue weighted by Gasteiger charge is -2.39. The Kier molecular flexibility index (Phi) is 5.83. The van der Waals surface area contributed by atoms with Gasteiger partial charge in [0.05, 0.1) is 0 Å². The third-order valence-electron chi connectivity index (χ3n) is 6.31. The molecule has 0 saturated heterocycles. The molecule has 0 amide bonds. The normalized spacial score (nSPS) is 13.5. The number of thiol groups is 1. The van der Waals surface area contributed by atoms with E-state index in [9.17, 15) is 0 Å². The van der Waals surface area contributed by atoms with Crippen molar-refractivity contribution in [3.8, 4) is 0 Å². The van der Waals surface area contributed by atoms with Crippen LogP contribution in [-0.2, 0) is 0 Å². The maximum absolute atomic E-state index is 4.39. The van der Waals surface area contributed by atoms with Gasteiger partial charge in [-0.3, -0.25) is 0 Å². The van der Waals surface area contributed by atoms with E-state index in [0.717, 1.165) is 5.22 Å². The monoisotopic (exact) mass is 352 g/mol. The summed E-state index contributed by atoms with van der Waals surface area (Å²) in [5.41, 5.74) is 3.35. The molecule has 0 fully saturated rings. The minimum Gasteiger partial charge on any atom is -0.151 e. The minimum absolute atomic E-state index is 0.314. The first-order valence-electron chi connectivity index (χ1n) is 9.34. The second-order valence-corrected chi connectivity index (χ2v) is 9.55. The van der Waals surface area contributed by atoms with Crippen molar-refractivity contribution in [3.05, 3.63) is 50.7 Å². The molecule has 0 aromatic heterocycles. The molecule has 25 heavy (non-hydrogen) atoms. The van der Waals surface area contributed by atoms with Gasteiger partial charge in [-0.05, 0) is 44.0 Å². The Hall–Kier alpha value is -1.15. The molecule has 0 aromatic rings. The number of hydrogen-bond acceptors (Lipinski definition) is 1. The third kappa shape index (κ3) is 4.16. The van der Waals surface area contributed by atoms with Gasteiger partial charge in [0.15, 0.2) is 6.71 Å². The van der Waals surface area contributed by atoms with E-state index >= 15 is 0 Å². The van der Waals surface area contributed by atoms with Gasteiger partial charge in [-0.15, -0.1) is 0 Å². The van der Waals surface area contributed by atoms with Crippen LogP contribution in [0.1, 0.15) is 46.6 Å². The fourth-order valence-electron chi connectivity index (χ4n) is 3.43. The van der Waals surface area contributed by atoms with E-state index in [1.54, 1.807) is 0 Å². The fourth-order valence-corrected chi connectivity index (χ4v) is 3.64. The maximum atomic E-state index is 4.39. The highest BCUT2D eigenvalue weighted by Crippen LogP contribution is 2.41. The standard InChI is InChI=1S/C23H33BS/c1-16-13-17(2)21-18(15-25)9-10-19(21)20(14-16)24(8)12-11-23(6,7)22(3,4)5/h9-10,13-15,25H,2,11-12H2,1,3-8H3/b18-15+. The summed E-state index contributed by atoms with van der Waals surface area (Å²) in [4.78, 5) is 0. The Balaban J connectivity index is 2.53. The molecule has 0 saturated carbocycles. The summed E-state index contributed by atoms with van der Waals surface area (Å²) < 4.78 is 0. The molecule has 134 valence electrons. The van der Waals surface area contributed by atoms with E-state index in [2.05, 4.69) is 91.8 Å². The number of rotatable bonds is 4. The second-order valence-electron chi connectivity index (χ2n) is 9.29. The van der Waals surface area contributed by atoms with Crippen LogP contribution in [0.4, 0.5) is 0 Å². The van der Waals surface area contributed by atoms with Gasteiger partial charge in [-0.25, -0.2) is 0 Å². The van der Waals surface area contributed by atoms with Crippen molar-refractivity contribution in [2.24, 2.45) is 10.8 Å². The third-order valence-corrected chi connectivity index (χ3v) is 6.59. The molecule has 0 bridgehead atoms. The Bertz CT molecular complexity index is 918. The van der Waals surface area contributed by atoms with E-state index in [1.165, 1.54) is 39.4 Å². The summed E-state index contributed by atoms with van der Waals surface area (Å²) in [5, 5.41) is 6.73. The lowest BCUT2D eigenvalue weighted by molar-refractivity contribution is 0.126. The summed E-state index contributed by atoms with van der Waals surface area (Å²) >= 11 is 4.39. The molecular formula is C23H33BS. The van der Waals surface area contributed by atoms with Crippen molar-refractivity contribution in [3.63, 3.8) is 0 Å². The molecular weight excluding hydrogens is 319 g/mol. The van der Waals surface area contributed by atoms with Crippen molar-refractivity contribution in [2.45, 2.75) is 61.1 Å². The molecule has 0 heterocycles. The van der Waals surface area contributed by atoms with E-state index in [-0.39, 0.29) is 0 Å². The van der Waals surface area contributed by atoms with Gasteiger partial charge in [-0.2, -0.15) is 12.6 Å². The summed E-state index contributed by atoms with van der Waals surface area (Å²) in [6, 6.07) is 8.95. The first kappa shape index (κ1) is 20.2. The molecule has 2 rings (SSSR count). The summed E-state index contributed by atoms with van der Waals surface area (Å²) in [6.07, 6.45) is 2.42. The highest BCUT2D eigenvalue weighted by molar-refractivity contribution is 7.88. The summed E-state index contributed by atoms with van der Waals surface area (Å²) in [5.74, 6) is 0. The van der Waals surface area contributed by atoms with Crippen LogP contribution in [0.3, 0.4) is 0 Å². The van der Waals surface area contributed by atoms with Crippen molar-refractivity contribution < 1.29 is 0 Å². The van der Waals surface area contributed by atoms with E-state index < -0.39 is 0 Å². The topological polar surface area (TPSA) is 0 Å². The van der Waals surface area contributed by atoms with Gasteiger partial charge in [0, 0.05) is 0 Å². The molecule has 0 spiro atoms. The summed E-state index contributed by atoms with van der Waals surface area (Å²) in [6.45, 7) is 21.2. The Morgan fingerprint density at radius 2 is 1.76 bits per heavy atom. The van der Waals surface area contributed by atoms with Gasteiger partial charge < -0.3 is 0 Å². The zero-order valence-corrected chi connectivity index (χ0v) is 17.9. The predicted octanol–water partition coefficient (Wildman–Crippen LogP) is 4.59. The highest BCUT2D eigenvalue weighted by Gasteiger charge is 2.33. The zero-order chi connectivity index (χ0) is 19.0. The van der Waals surface area contributed by atoms with Crippen LogP contribution < -0.4 is 15.9 Å². The van der Waals surface area contributed by atoms with Crippen LogP contribution in [0.5, 0.6) is 0 Å². The van der Waals surface area contributed by atoms with E-state index in [0.29, 0.717) is 17.5 Å². The van der Waals surface area contributed by atoms with Crippen LogP contribution in [0, 0.1) is 28.2 Å². The molecule has 2 aliphatic carbocycles. The van der Waals surface area contributed by atoms with Crippen LogP contribution in [-0.4, -0.2) is 6.71 Å². The van der Waals surface area contributed by atoms with Crippen LogP contribution in [0.15, 0.2) is 24.3 Å². The molecule has 0 unspecified atom stereocenters. The van der Waals surface area contributed by atoms with Crippen LogP contribution >= 0.6 is 12.6 Å². The van der Waals surface area contributed by atoms with Gasteiger partial charge in [0.1, 0.15) is 0 Å². The van der Waals surface area contributed by atoms with Crippen molar-refractivity contribution >= 4 is 36.8 Å². The average Bonchev–Trinajstić information content (AvgIpc) is 2.87. The molecule has 0 N–H and O–H groups in total. The fraction of sp³-hybridized carbons (Fsp3) is 0.478. The average molecular weight is 352 g/mol. The largest absolute Gasteiger partial charge is 0.173 e. The zero-order valence-electron chi connectivity index (χ0n) is 17.0. The van der Waals surface area contributed by atoms with Gasteiger partial charge in [0.25, 0.3) is 0 Å². The molecule has 0 aliphatic heterocycles. The van der Waals surface area contributed by atoms with Crippen molar-refractivity contribution in [2.75, 3.05) is 0 Å². The van der Waals surface area contributed by atoms with Crippen molar-refractivity contribution in [1.29, 1.82) is 0 Å². The first-order valence-corrected chi connectivity index (χ1v) is 9.86. The highest BCUT2D eigenvalue weighted by atomic mass is 32.1. The summed E-state index contributed by atoms with van der Waals surface area (Å²) in [7, 11) is 0.